The van der Waals surface area contributed by atoms with Gasteiger partial charge in [-0.25, -0.2) is 4.79 Å². The highest BCUT2D eigenvalue weighted by Gasteiger charge is 2.40. The number of carboxylic acid groups (broad SMARTS) is 1. The molecule has 0 bridgehead atoms. The third-order valence-electron chi connectivity index (χ3n) is 1.57. The molecule has 0 saturated carbocycles. The van der Waals surface area contributed by atoms with Crippen LogP contribution in [0.2, 0.25) is 0 Å². The Bertz CT molecular complexity index is 250. The molecule has 0 aromatic carbocycles. The smallest absolute Gasteiger partial charge is 0.471 e. The van der Waals surface area contributed by atoms with E-state index in [4.69, 9.17) is 5.11 Å². The normalized spacial score (nSPS) is 13.7. The zero-order valence-corrected chi connectivity index (χ0v) is 8.26. The first-order chi connectivity index (χ1) is 6.64. The van der Waals surface area contributed by atoms with Crippen molar-refractivity contribution < 1.29 is 27.9 Å². The van der Waals surface area contributed by atoms with Gasteiger partial charge in [0.1, 0.15) is 6.04 Å². The largest absolute Gasteiger partial charge is 0.480 e. The van der Waals surface area contributed by atoms with Crippen LogP contribution in [-0.4, -0.2) is 29.2 Å². The van der Waals surface area contributed by atoms with Gasteiger partial charge < -0.3 is 10.4 Å². The van der Waals surface area contributed by atoms with Gasteiger partial charge in [0.15, 0.2) is 0 Å². The maximum atomic E-state index is 11.8. The number of carbonyl (C=O) groups excluding carboxylic acids is 1. The van der Waals surface area contributed by atoms with Crippen molar-refractivity contribution >= 4 is 11.9 Å². The summed E-state index contributed by atoms with van der Waals surface area (Å²) >= 11 is 0. The van der Waals surface area contributed by atoms with E-state index in [1.807, 2.05) is 0 Å². The predicted molar refractivity (Wildman–Crippen MR) is 45.1 cm³/mol. The number of halogens is 3. The molecule has 7 heteroatoms. The summed E-state index contributed by atoms with van der Waals surface area (Å²) in [5.41, 5.74) is 0. The summed E-state index contributed by atoms with van der Waals surface area (Å²) in [6.07, 6.45) is -5.10. The maximum Gasteiger partial charge on any atom is 0.471 e. The predicted octanol–water partition coefficient (Wildman–Crippen LogP) is 1.16. The van der Waals surface area contributed by atoms with Gasteiger partial charge in [-0.3, -0.25) is 4.79 Å². The highest BCUT2D eigenvalue weighted by molar-refractivity contribution is 5.86. The number of amides is 1. The molecular formula is C8H12F3NO3. The van der Waals surface area contributed by atoms with E-state index >= 15 is 0 Å². The van der Waals surface area contributed by atoms with Crippen molar-refractivity contribution in [2.75, 3.05) is 0 Å². The highest BCUT2D eigenvalue weighted by Crippen LogP contribution is 2.15. The Morgan fingerprint density at radius 3 is 2.07 bits per heavy atom. The average Bonchev–Trinajstić information content (AvgIpc) is 1.99. The number of carboxylic acids is 1. The lowest BCUT2D eigenvalue weighted by Gasteiger charge is -2.17. The number of rotatable bonds is 4. The molecule has 0 spiro atoms. The van der Waals surface area contributed by atoms with E-state index in [9.17, 15) is 22.8 Å². The Morgan fingerprint density at radius 1 is 1.33 bits per heavy atom. The van der Waals surface area contributed by atoms with E-state index in [1.165, 1.54) is 5.32 Å². The molecule has 0 radical (unpaired) electrons. The van der Waals surface area contributed by atoms with E-state index in [0.717, 1.165) is 0 Å². The summed E-state index contributed by atoms with van der Waals surface area (Å²) in [4.78, 5) is 21.0. The molecule has 0 aromatic rings. The highest BCUT2D eigenvalue weighted by atomic mass is 19.4. The van der Waals surface area contributed by atoms with Crippen LogP contribution in [0.3, 0.4) is 0 Å². The van der Waals surface area contributed by atoms with Crippen molar-refractivity contribution in [2.24, 2.45) is 5.92 Å². The first-order valence-electron chi connectivity index (χ1n) is 4.25. The summed E-state index contributed by atoms with van der Waals surface area (Å²) in [6, 6.07) is -1.50. The van der Waals surface area contributed by atoms with Crippen molar-refractivity contribution in [1.82, 2.24) is 5.32 Å². The molecule has 0 aromatic heterocycles. The fourth-order valence-corrected chi connectivity index (χ4v) is 0.933. The number of carbonyl (C=O) groups is 2. The zero-order chi connectivity index (χ0) is 12.2. The number of alkyl halides is 3. The van der Waals surface area contributed by atoms with Crippen molar-refractivity contribution in [1.29, 1.82) is 0 Å². The van der Waals surface area contributed by atoms with E-state index in [-0.39, 0.29) is 12.3 Å². The van der Waals surface area contributed by atoms with Crippen molar-refractivity contribution in [3.8, 4) is 0 Å². The molecule has 0 aliphatic carbocycles. The molecule has 2 N–H and O–H groups in total. The van der Waals surface area contributed by atoms with Crippen LogP contribution in [0.15, 0.2) is 0 Å². The third-order valence-corrected chi connectivity index (χ3v) is 1.57. The van der Waals surface area contributed by atoms with Gasteiger partial charge in [-0.15, -0.1) is 0 Å². The fraction of sp³-hybridized carbons (Fsp3) is 0.750. The topological polar surface area (TPSA) is 66.4 Å². The number of hydrogen-bond acceptors (Lipinski definition) is 2. The molecule has 0 aliphatic heterocycles. The standard InChI is InChI=1S/C8H12F3NO3/c1-4(2)3-5(6(13)14)12-7(15)8(9,10)11/h4-5H,3H2,1-2H3,(H,12,15)(H,13,14). The Balaban J connectivity index is 4.43. The minimum absolute atomic E-state index is 0.0445. The lowest BCUT2D eigenvalue weighted by Crippen LogP contribution is -2.47. The molecule has 15 heavy (non-hydrogen) atoms. The van der Waals surface area contributed by atoms with Gasteiger partial charge >= 0.3 is 18.1 Å². The van der Waals surface area contributed by atoms with Gasteiger partial charge in [-0.1, -0.05) is 13.8 Å². The van der Waals surface area contributed by atoms with E-state index in [1.54, 1.807) is 13.8 Å². The van der Waals surface area contributed by atoms with Crippen molar-refractivity contribution in [3.05, 3.63) is 0 Å². The van der Waals surface area contributed by atoms with Crippen LogP contribution in [0.4, 0.5) is 13.2 Å². The monoisotopic (exact) mass is 227 g/mol. The fourth-order valence-electron chi connectivity index (χ4n) is 0.933. The molecule has 0 rings (SSSR count). The minimum atomic E-state index is -5.05. The molecular weight excluding hydrogens is 215 g/mol. The Kier molecular flexibility index (Phi) is 4.57. The average molecular weight is 227 g/mol. The molecule has 1 unspecified atom stereocenters. The van der Waals surface area contributed by atoms with Crippen LogP contribution in [0.1, 0.15) is 20.3 Å². The van der Waals surface area contributed by atoms with Gasteiger partial charge in [-0.2, -0.15) is 13.2 Å². The lowest BCUT2D eigenvalue weighted by molar-refractivity contribution is -0.175. The summed E-state index contributed by atoms with van der Waals surface area (Å²) in [5.74, 6) is -3.82. The number of aliphatic carboxylic acids is 1. The molecule has 0 aliphatic rings. The van der Waals surface area contributed by atoms with Crippen LogP contribution in [0.25, 0.3) is 0 Å². The maximum absolute atomic E-state index is 11.8. The second-order valence-electron chi connectivity index (χ2n) is 3.49. The number of hydrogen-bond donors (Lipinski definition) is 2. The van der Waals surface area contributed by atoms with Crippen LogP contribution in [0, 0.1) is 5.92 Å². The van der Waals surface area contributed by atoms with Gasteiger partial charge in [-0.05, 0) is 12.3 Å². The molecule has 1 amide bonds. The minimum Gasteiger partial charge on any atom is -0.480 e. The quantitative estimate of drug-likeness (QED) is 0.757. The van der Waals surface area contributed by atoms with Gasteiger partial charge in [0.05, 0.1) is 0 Å². The van der Waals surface area contributed by atoms with Gasteiger partial charge in [0.25, 0.3) is 0 Å². The Morgan fingerprint density at radius 2 is 1.80 bits per heavy atom. The Labute approximate surface area is 84.5 Å². The van der Waals surface area contributed by atoms with Gasteiger partial charge in [0, 0.05) is 0 Å². The Hall–Kier alpha value is -1.27. The van der Waals surface area contributed by atoms with E-state index in [2.05, 4.69) is 0 Å². The van der Waals surface area contributed by atoms with Gasteiger partial charge in [0.2, 0.25) is 0 Å². The van der Waals surface area contributed by atoms with Crippen LogP contribution in [-0.2, 0) is 9.59 Å². The molecule has 0 saturated heterocycles. The van der Waals surface area contributed by atoms with Crippen LogP contribution >= 0.6 is 0 Å². The number of nitrogens with one attached hydrogen (secondary N) is 1. The molecule has 0 fully saturated rings. The van der Waals surface area contributed by atoms with E-state index < -0.39 is 24.1 Å². The molecule has 4 nitrogen and oxygen atoms in total. The van der Waals surface area contributed by atoms with Crippen molar-refractivity contribution in [3.63, 3.8) is 0 Å². The zero-order valence-electron chi connectivity index (χ0n) is 8.26. The second kappa shape index (κ2) is 4.99. The lowest BCUT2D eigenvalue weighted by atomic mass is 10.0. The molecule has 1 atom stereocenters. The first-order valence-corrected chi connectivity index (χ1v) is 4.25. The van der Waals surface area contributed by atoms with Crippen LogP contribution < -0.4 is 5.32 Å². The SMILES string of the molecule is CC(C)CC(NC(=O)C(F)(F)F)C(=O)O. The third kappa shape index (κ3) is 5.24. The van der Waals surface area contributed by atoms with Crippen molar-refractivity contribution in [2.45, 2.75) is 32.5 Å². The summed E-state index contributed by atoms with van der Waals surface area (Å²) in [7, 11) is 0. The summed E-state index contributed by atoms with van der Waals surface area (Å²) in [5, 5.41) is 9.98. The van der Waals surface area contributed by atoms with Crippen LogP contribution in [0.5, 0.6) is 0 Å². The second-order valence-corrected chi connectivity index (χ2v) is 3.49. The van der Waals surface area contributed by atoms with E-state index in [0.29, 0.717) is 0 Å². The molecule has 0 heterocycles. The first kappa shape index (κ1) is 13.7. The summed E-state index contributed by atoms with van der Waals surface area (Å²) in [6.45, 7) is 3.30. The molecule has 88 valence electrons. The summed E-state index contributed by atoms with van der Waals surface area (Å²) < 4.78 is 35.4.